The predicted octanol–water partition coefficient (Wildman–Crippen LogP) is 1.06. The van der Waals surface area contributed by atoms with E-state index in [1.54, 1.807) is 13.8 Å². The number of aromatic amines is 1. The number of hydrogen-bond acceptors (Lipinski definition) is 3. The van der Waals surface area contributed by atoms with Gasteiger partial charge in [0.2, 0.25) is 5.91 Å². The minimum absolute atomic E-state index is 0. The second-order valence-electron chi connectivity index (χ2n) is 4.95. The van der Waals surface area contributed by atoms with Crippen LogP contribution in [0.1, 0.15) is 44.0 Å². The first kappa shape index (κ1) is 14.0. The normalized spacial score (nSPS) is 19.1. The summed E-state index contributed by atoms with van der Waals surface area (Å²) in [5, 5.41) is 9.94. The van der Waals surface area contributed by atoms with Crippen LogP contribution in [0.5, 0.6) is 0 Å². The van der Waals surface area contributed by atoms with Crippen molar-refractivity contribution in [3.05, 3.63) is 17.5 Å². The molecule has 1 aliphatic rings. The summed E-state index contributed by atoms with van der Waals surface area (Å²) in [6.45, 7) is 3.41. The topological polar surface area (TPSA) is 83.8 Å². The number of carbonyl (C=O) groups is 1. The monoisotopic (exact) mass is 258 g/mol. The van der Waals surface area contributed by atoms with Crippen LogP contribution in [-0.4, -0.2) is 21.6 Å². The molecule has 1 amide bonds. The van der Waals surface area contributed by atoms with E-state index in [-0.39, 0.29) is 24.4 Å². The summed E-state index contributed by atoms with van der Waals surface area (Å²) < 4.78 is 0. The molecule has 1 atom stereocenters. The highest BCUT2D eigenvalue weighted by atomic mass is 35.5. The van der Waals surface area contributed by atoms with E-state index in [9.17, 15) is 4.79 Å². The minimum Gasteiger partial charge on any atom is -0.346 e. The van der Waals surface area contributed by atoms with Crippen LogP contribution < -0.4 is 11.1 Å². The first-order chi connectivity index (χ1) is 7.48. The van der Waals surface area contributed by atoms with Gasteiger partial charge in [0.05, 0.1) is 23.5 Å². The largest absolute Gasteiger partial charge is 0.346 e. The highest BCUT2D eigenvalue weighted by Crippen LogP contribution is 2.27. The Hall–Kier alpha value is -1.07. The zero-order chi connectivity index (χ0) is 11.8. The summed E-state index contributed by atoms with van der Waals surface area (Å²) in [6.07, 6.45) is 4.88. The zero-order valence-electron chi connectivity index (χ0n) is 10.1. The maximum absolute atomic E-state index is 11.8. The second kappa shape index (κ2) is 5.06. The summed E-state index contributed by atoms with van der Waals surface area (Å²) in [4.78, 5) is 11.8. The number of nitrogens with zero attached hydrogens (tertiary/aromatic N) is 1. The summed E-state index contributed by atoms with van der Waals surface area (Å²) >= 11 is 0. The molecule has 17 heavy (non-hydrogen) atoms. The number of carbonyl (C=O) groups excluding carboxylic acids is 1. The van der Waals surface area contributed by atoms with Gasteiger partial charge in [0.1, 0.15) is 0 Å². The molecule has 0 radical (unpaired) electrons. The fourth-order valence-electron chi connectivity index (χ4n) is 1.95. The molecule has 6 heteroatoms. The van der Waals surface area contributed by atoms with E-state index >= 15 is 0 Å². The van der Waals surface area contributed by atoms with Crippen molar-refractivity contribution in [1.29, 1.82) is 0 Å². The smallest absolute Gasteiger partial charge is 0.240 e. The van der Waals surface area contributed by atoms with Crippen molar-refractivity contribution in [2.24, 2.45) is 5.73 Å². The lowest BCUT2D eigenvalue weighted by atomic mass is 9.93. The van der Waals surface area contributed by atoms with Crippen LogP contribution in [0.25, 0.3) is 0 Å². The van der Waals surface area contributed by atoms with Gasteiger partial charge in [0.25, 0.3) is 0 Å². The van der Waals surface area contributed by atoms with E-state index in [0.717, 1.165) is 25.0 Å². The number of H-pyrrole nitrogens is 1. The second-order valence-corrected chi connectivity index (χ2v) is 4.95. The van der Waals surface area contributed by atoms with Crippen molar-refractivity contribution in [2.45, 2.75) is 44.7 Å². The minimum atomic E-state index is -0.836. The van der Waals surface area contributed by atoms with Gasteiger partial charge in [-0.2, -0.15) is 5.10 Å². The Morgan fingerprint density at radius 1 is 1.65 bits per heavy atom. The molecule has 0 aliphatic heterocycles. The average molecular weight is 259 g/mol. The van der Waals surface area contributed by atoms with E-state index in [0.29, 0.717) is 0 Å². The van der Waals surface area contributed by atoms with E-state index < -0.39 is 5.54 Å². The third kappa shape index (κ3) is 2.98. The standard InChI is InChI=1S/C11H18N4O.ClH/c1-11(2,12)10(16)14-8-5-3-4-7-6-13-15-9(7)8;/h6,8H,3-5,12H2,1-2H3,(H,13,15)(H,14,16);1H. The summed E-state index contributed by atoms with van der Waals surface area (Å²) in [7, 11) is 0. The van der Waals surface area contributed by atoms with Gasteiger partial charge in [-0.1, -0.05) is 0 Å². The first-order valence-corrected chi connectivity index (χ1v) is 5.60. The third-order valence-electron chi connectivity index (χ3n) is 2.93. The fourth-order valence-corrected chi connectivity index (χ4v) is 1.95. The van der Waals surface area contributed by atoms with Crippen molar-refractivity contribution >= 4 is 18.3 Å². The molecule has 4 N–H and O–H groups in total. The van der Waals surface area contributed by atoms with Gasteiger partial charge >= 0.3 is 0 Å². The quantitative estimate of drug-likeness (QED) is 0.742. The molecule has 0 saturated carbocycles. The van der Waals surface area contributed by atoms with Crippen LogP contribution in [0, 0.1) is 0 Å². The van der Waals surface area contributed by atoms with E-state index in [1.165, 1.54) is 5.56 Å². The Labute approximate surface area is 107 Å². The van der Waals surface area contributed by atoms with Crippen molar-refractivity contribution in [2.75, 3.05) is 0 Å². The van der Waals surface area contributed by atoms with Crippen molar-refractivity contribution < 1.29 is 4.79 Å². The molecule has 96 valence electrons. The molecule has 1 aromatic heterocycles. The van der Waals surface area contributed by atoms with E-state index in [1.807, 2.05) is 6.20 Å². The Morgan fingerprint density at radius 3 is 3.00 bits per heavy atom. The maximum Gasteiger partial charge on any atom is 0.240 e. The molecule has 0 aromatic carbocycles. The van der Waals surface area contributed by atoms with Crippen LogP contribution in [-0.2, 0) is 11.2 Å². The first-order valence-electron chi connectivity index (χ1n) is 5.60. The SMILES string of the molecule is CC(C)(N)C(=O)NC1CCCc2cn[nH]c21.Cl. The molecule has 1 unspecified atom stereocenters. The Bertz CT molecular complexity index is 396. The van der Waals surface area contributed by atoms with Gasteiger partial charge in [0.15, 0.2) is 0 Å². The van der Waals surface area contributed by atoms with Crippen molar-refractivity contribution in [1.82, 2.24) is 15.5 Å². The molecule has 1 heterocycles. The highest BCUT2D eigenvalue weighted by molar-refractivity contribution is 5.85. The lowest BCUT2D eigenvalue weighted by Crippen LogP contribution is -2.50. The Balaban J connectivity index is 0.00000144. The van der Waals surface area contributed by atoms with Crippen LogP contribution in [0.3, 0.4) is 0 Å². The van der Waals surface area contributed by atoms with Gasteiger partial charge in [0, 0.05) is 0 Å². The van der Waals surface area contributed by atoms with E-state index in [4.69, 9.17) is 5.73 Å². The number of aromatic nitrogens is 2. The van der Waals surface area contributed by atoms with Crippen LogP contribution in [0.15, 0.2) is 6.20 Å². The number of hydrogen-bond donors (Lipinski definition) is 3. The predicted molar refractivity (Wildman–Crippen MR) is 67.9 cm³/mol. The van der Waals surface area contributed by atoms with Gasteiger partial charge in [-0.25, -0.2) is 0 Å². The third-order valence-corrected chi connectivity index (χ3v) is 2.93. The summed E-state index contributed by atoms with van der Waals surface area (Å²) in [6, 6.07) is 0.0292. The van der Waals surface area contributed by atoms with Gasteiger partial charge in [-0.3, -0.25) is 9.89 Å². The van der Waals surface area contributed by atoms with Crippen molar-refractivity contribution in [3.63, 3.8) is 0 Å². The number of amides is 1. The fraction of sp³-hybridized carbons (Fsp3) is 0.636. The number of aryl methyl sites for hydroxylation is 1. The number of fused-ring (bicyclic) bond motifs is 1. The molecular weight excluding hydrogens is 240 g/mol. The Kier molecular flexibility index (Phi) is 4.16. The van der Waals surface area contributed by atoms with Gasteiger partial charge < -0.3 is 11.1 Å². The molecular formula is C11H19ClN4O. The molecule has 2 rings (SSSR count). The molecule has 0 spiro atoms. The molecule has 0 saturated heterocycles. The number of rotatable bonds is 2. The number of nitrogens with one attached hydrogen (secondary N) is 2. The highest BCUT2D eigenvalue weighted by Gasteiger charge is 2.28. The van der Waals surface area contributed by atoms with Crippen LogP contribution in [0.2, 0.25) is 0 Å². The lowest BCUT2D eigenvalue weighted by Gasteiger charge is -2.26. The van der Waals surface area contributed by atoms with Crippen molar-refractivity contribution in [3.8, 4) is 0 Å². The summed E-state index contributed by atoms with van der Waals surface area (Å²) in [5.74, 6) is -0.125. The number of halogens is 1. The van der Waals surface area contributed by atoms with Crippen LogP contribution in [0.4, 0.5) is 0 Å². The van der Waals surface area contributed by atoms with Gasteiger partial charge in [-0.15, -0.1) is 12.4 Å². The molecule has 1 aromatic rings. The molecule has 1 aliphatic carbocycles. The number of nitrogens with two attached hydrogens (primary N) is 1. The van der Waals surface area contributed by atoms with Gasteiger partial charge in [-0.05, 0) is 38.7 Å². The molecule has 5 nitrogen and oxygen atoms in total. The molecule has 0 fully saturated rings. The average Bonchev–Trinajstić information content (AvgIpc) is 2.65. The summed E-state index contributed by atoms with van der Waals surface area (Å²) in [5.41, 5.74) is 7.15. The Morgan fingerprint density at radius 2 is 2.35 bits per heavy atom. The van der Waals surface area contributed by atoms with E-state index in [2.05, 4.69) is 15.5 Å². The van der Waals surface area contributed by atoms with Crippen LogP contribution >= 0.6 is 12.4 Å². The lowest BCUT2D eigenvalue weighted by molar-refractivity contribution is -0.126. The zero-order valence-corrected chi connectivity index (χ0v) is 10.9. The molecule has 0 bridgehead atoms. The maximum atomic E-state index is 11.8.